The molecule has 0 saturated carbocycles. The van der Waals surface area contributed by atoms with Crippen LogP contribution in [-0.4, -0.2) is 24.2 Å². The first kappa shape index (κ1) is 15.8. The van der Waals surface area contributed by atoms with Gasteiger partial charge in [-0.1, -0.05) is 18.5 Å². The van der Waals surface area contributed by atoms with Crippen LogP contribution < -0.4 is 14.8 Å². The van der Waals surface area contributed by atoms with Gasteiger partial charge in [-0.2, -0.15) is 0 Å². The highest BCUT2D eigenvalue weighted by molar-refractivity contribution is 7.18. The van der Waals surface area contributed by atoms with Gasteiger partial charge in [-0.05, 0) is 12.5 Å². The van der Waals surface area contributed by atoms with Gasteiger partial charge in [-0.25, -0.2) is 9.97 Å². The maximum atomic E-state index is 6.14. The zero-order valence-electron chi connectivity index (χ0n) is 13.0. The first-order valence-electron chi connectivity index (χ1n) is 7.08. The van der Waals surface area contributed by atoms with Crippen LogP contribution in [0.2, 0.25) is 5.02 Å². The lowest BCUT2D eigenvalue weighted by atomic mass is 10.2. The second-order valence-corrected chi connectivity index (χ2v) is 6.34. The van der Waals surface area contributed by atoms with E-state index in [0.717, 1.165) is 28.1 Å². The molecule has 0 amide bonds. The lowest BCUT2D eigenvalue weighted by molar-refractivity contribution is 0.405. The van der Waals surface area contributed by atoms with Gasteiger partial charge < -0.3 is 14.8 Å². The summed E-state index contributed by atoms with van der Waals surface area (Å²) >= 11 is 7.82. The molecule has 1 aromatic carbocycles. The Morgan fingerprint density at radius 2 is 1.91 bits per heavy atom. The predicted molar refractivity (Wildman–Crippen MR) is 94.6 cm³/mol. The number of benzene rings is 1. The highest BCUT2D eigenvalue weighted by Gasteiger charge is 2.13. The van der Waals surface area contributed by atoms with E-state index in [1.807, 2.05) is 0 Å². The SMILES string of the molecule is CCc1cc2c(Nc3cc(OC)c(Cl)cc3OC)ncnc2s1. The molecule has 0 saturated heterocycles. The van der Waals surface area contributed by atoms with Crippen molar-refractivity contribution in [1.82, 2.24) is 9.97 Å². The number of halogens is 1. The Morgan fingerprint density at radius 3 is 2.61 bits per heavy atom. The Bertz CT molecular complexity index is 851. The van der Waals surface area contributed by atoms with Crippen LogP contribution in [0.1, 0.15) is 11.8 Å². The van der Waals surface area contributed by atoms with Gasteiger partial charge in [0.05, 0.1) is 30.3 Å². The van der Waals surface area contributed by atoms with Crippen molar-refractivity contribution in [3.63, 3.8) is 0 Å². The monoisotopic (exact) mass is 349 g/mol. The van der Waals surface area contributed by atoms with Crippen LogP contribution in [0.4, 0.5) is 11.5 Å². The Labute approximate surface area is 143 Å². The molecule has 23 heavy (non-hydrogen) atoms. The van der Waals surface area contributed by atoms with Crippen molar-refractivity contribution in [2.45, 2.75) is 13.3 Å². The number of fused-ring (bicyclic) bond motifs is 1. The molecule has 2 aromatic heterocycles. The van der Waals surface area contributed by atoms with E-state index >= 15 is 0 Å². The zero-order chi connectivity index (χ0) is 16.4. The Hall–Kier alpha value is -2.05. The molecule has 0 atom stereocenters. The molecule has 0 spiro atoms. The lowest BCUT2D eigenvalue weighted by Crippen LogP contribution is -1.98. The smallest absolute Gasteiger partial charge is 0.144 e. The summed E-state index contributed by atoms with van der Waals surface area (Å²) in [5.41, 5.74) is 0.734. The number of methoxy groups -OCH3 is 2. The van der Waals surface area contributed by atoms with Gasteiger partial charge in [0.1, 0.15) is 28.5 Å². The highest BCUT2D eigenvalue weighted by atomic mass is 35.5. The lowest BCUT2D eigenvalue weighted by Gasteiger charge is -2.13. The second kappa shape index (κ2) is 6.60. The van der Waals surface area contributed by atoms with Gasteiger partial charge in [0.25, 0.3) is 0 Å². The summed E-state index contributed by atoms with van der Waals surface area (Å²) < 4.78 is 10.7. The minimum atomic E-state index is 0.492. The summed E-state index contributed by atoms with van der Waals surface area (Å²) in [7, 11) is 3.17. The van der Waals surface area contributed by atoms with E-state index in [9.17, 15) is 0 Å². The van der Waals surface area contributed by atoms with E-state index in [0.29, 0.717) is 16.5 Å². The van der Waals surface area contributed by atoms with Gasteiger partial charge in [0.15, 0.2) is 0 Å². The summed E-state index contributed by atoms with van der Waals surface area (Å²) in [6, 6.07) is 5.62. The number of aryl methyl sites for hydroxylation is 1. The Balaban J connectivity index is 2.06. The predicted octanol–water partition coefficient (Wildman–Crippen LogP) is 4.67. The number of ether oxygens (including phenoxy) is 2. The van der Waals surface area contributed by atoms with Crippen LogP contribution >= 0.6 is 22.9 Å². The topological polar surface area (TPSA) is 56.3 Å². The first-order chi connectivity index (χ1) is 11.2. The summed E-state index contributed by atoms with van der Waals surface area (Å²) in [5, 5.41) is 4.78. The van der Waals surface area contributed by atoms with E-state index in [1.54, 1.807) is 44.0 Å². The first-order valence-corrected chi connectivity index (χ1v) is 8.27. The van der Waals surface area contributed by atoms with Crippen molar-refractivity contribution in [1.29, 1.82) is 0 Å². The largest absolute Gasteiger partial charge is 0.495 e. The van der Waals surface area contributed by atoms with Gasteiger partial charge in [0, 0.05) is 17.0 Å². The maximum absolute atomic E-state index is 6.14. The van der Waals surface area contributed by atoms with Gasteiger partial charge >= 0.3 is 0 Å². The van der Waals surface area contributed by atoms with Crippen LogP contribution in [0.25, 0.3) is 10.2 Å². The Morgan fingerprint density at radius 1 is 1.13 bits per heavy atom. The van der Waals surface area contributed by atoms with Crippen LogP contribution in [0.5, 0.6) is 11.5 Å². The van der Waals surface area contributed by atoms with Gasteiger partial charge in [-0.15, -0.1) is 11.3 Å². The molecule has 2 heterocycles. The summed E-state index contributed by atoms with van der Waals surface area (Å²) in [6.45, 7) is 2.12. The average Bonchev–Trinajstić information content (AvgIpc) is 3.00. The summed E-state index contributed by atoms with van der Waals surface area (Å²) in [6.07, 6.45) is 2.53. The number of anilines is 2. The summed E-state index contributed by atoms with van der Waals surface area (Å²) in [4.78, 5) is 10.9. The van der Waals surface area contributed by atoms with Crippen molar-refractivity contribution in [2.75, 3.05) is 19.5 Å². The molecule has 0 aliphatic carbocycles. The van der Waals surface area contributed by atoms with Crippen molar-refractivity contribution in [3.8, 4) is 11.5 Å². The standard InChI is InChI=1S/C16H16ClN3O2S/c1-4-9-5-10-15(18-8-19-16(10)23-9)20-12-7-13(21-2)11(17)6-14(12)22-3/h5-8H,4H2,1-3H3,(H,18,19,20). The van der Waals surface area contributed by atoms with E-state index in [-0.39, 0.29) is 0 Å². The average molecular weight is 350 g/mol. The molecule has 0 fully saturated rings. The molecule has 1 N–H and O–H groups in total. The van der Waals surface area contributed by atoms with E-state index < -0.39 is 0 Å². The number of aromatic nitrogens is 2. The molecule has 0 aliphatic heterocycles. The normalized spacial score (nSPS) is 10.8. The summed E-state index contributed by atoms with van der Waals surface area (Å²) in [5.74, 6) is 1.92. The minimum absolute atomic E-state index is 0.492. The third-order valence-corrected chi connectivity index (χ3v) is 4.94. The number of hydrogen-bond donors (Lipinski definition) is 1. The van der Waals surface area contributed by atoms with E-state index in [4.69, 9.17) is 21.1 Å². The van der Waals surface area contributed by atoms with Gasteiger partial charge in [0.2, 0.25) is 0 Å². The Kier molecular flexibility index (Phi) is 4.54. The fourth-order valence-electron chi connectivity index (χ4n) is 2.27. The van der Waals surface area contributed by atoms with Crippen LogP contribution in [-0.2, 0) is 6.42 Å². The van der Waals surface area contributed by atoms with Crippen molar-refractivity contribution in [3.05, 3.63) is 34.4 Å². The fraction of sp³-hybridized carbons (Fsp3) is 0.250. The molecule has 7 heteroatoms. The molecule has 3 aromatic rings. The van der Waals surface area contributed by atoms with Crippen molar-refractivity contribution in [2.24, 2.45) is 0 Å². The molecule has 0 bridgehead atoms. The molecular weight excluding hydrogens is 334 g/mol. The number of nitrogens with one attached hydrogen (secondary N) is 1. The van der Waals surface area contributed by atoms with Crippen molar-refractivity contribution >= 4 is 44.7 Å². The molecule has 5 nitrogen and oxygen atoms in total. The van der Waals surface area contributed by atoms with Crippen LogP contribution in [0.3, 0.4) is 0 Å². The quantitative estimate of drug-likeness (QED) is 0.725. The minimum Gasteiger partial charge on any atom is -0.495 e. The van der Waals surface area contributed by atoms with E-state index in [2.05, 4.69) is 28.3 Å². The highest BCUT2D eigenvalue weighted by Crippen LogP contribution is 2.38. The zero-order valence-corrected chi connectivity index (χ0v) is 14.6. The van der Waals surface area contributed by atoms with E-state index in [1.165, 1.54) is 4.88 Å². The van der Waals surface area contributed by atoms with Crippen molar-refractivity contribution < 1.29 is 9.47 Å². The molecular formula is C16H16ClN3O2S. The number of hydrogen-bond acceptors (Lipinski definition) is 6. The third kappa shape index (κ3) is 3.04. The third-order valence-electron chi connectivity index (χ3n) is 3.46. The van der Waals surface area contributed by atoms with Crippen LogP contribution in [0.15, 0.2) is 24.5 Å². The van der Waals surface area contributed by atoms with Gasteiger partial charge in [-0.3, -0.25) is 0 Å². The second-order valence-electron chi connectivity index (χ2n) is 4.82. The molecule has 0 unspecified atom stereocenters. The molecule has 3 rings (SSSR count). The van der Waals surface area contributed by atoms with Crippen LogP contribution in [0, 0.1) is 0 Å². The maximum Gasteiger partial charge on any atom is 0.144 e. The number of rotatable bonds is 5. The molecule has 120 valence electrons. The molecule has 0 aliphatic rings. The molecule has 0 radical (unpaired) electrons. The number of thiophene rings is 1. The number of nitrogens with zero attached hydrogens (tertiary/aromatic N) is 2. The fourth-order valence-corrected chi connectivity index (χ4v) is 3.43.